The molecule has 1 atom stereocenters. The third-order valence-corrected chi connectivity index (χ3v) is 5.83. The molecule has 3 aromatic heterocycles. The number of halogens is 1. The maximum Gasteiger partial charge on any atom is 0.405 e. The molecule has 8 nitrogen and oxygen atoms in total. The summed E-state index contributed by atoms with van der Waals surface area (Å²) in [6.45, 7) is 5.78. The molecule has 4 aromatic rings. The minimum absolute atomic E-state index is 0.150. The quantitative estimate of drug-likeness (QED) is 0.386. The van der Waals surface area contributed by atoms with Crippen molar-refractivity contribution >= 4 is 55.4 Å². The van der Waals surface area contributed by atoms with Crippen LogP contribution in [0.5, 0.6) is 0 Å². The van der Waals surface area contributed by atoms with Crippen molar-refractivity contribution in [2.24, 2.45) is 5.41 Å². The summed E-state index contributed by atoms with van der Waals surface area (Å²) in [6.07, 6.45) is -1.12. The maximum atomic E-state index is 12.6. The van der Waals surface area contributed by atoms with Gasteiger partial charge in [-0.15, -0.1) is 11.3 Å². The van der Waals surface area contributed by atoms with Gasteiger partial charge < -0.3 is 19.8 Å². The Hall–Kier alpha value is -2.72. The predicted octanol–water partition coefficient (Wildman–Crippen LogP) is 4.91. The van der Waals surface area contributed by atoms with E-state index in [2.05, 4.69) is 36.2 Å². The molecule has 0 saturated heterocycles. The maximum absolute atomic E-state index is 12.6. The van der Waals surface area contributed by atoms with E-state index in [-0.39, 0.29) is 11.0 Å². The van der Waals surface area contributed by atoms with Crippen LogP contribution in [-0.4, -0.2) is 26.2 Å². The zero-order chi connectivity index (χ0) is 20.9. The molecule has 1 unspecified atom stereocenters. The molecule has 0 saturated carbocycles. The molecule has 0 radical (unpaired) electrons. The second-order valence-electron chi connectivity index (χ2n) is 7.65. The lowest BCUT2D eigenvalue weighted by Crippen LogP contribution is -2.35. The van der Waals surface area contributed by atoms with Crippen molar-refractivity contribution in [3.8, 4) is 11.5 Å². The van der Waals surface area contributed by atoms with Crippen LogP contribution in [0.4, 0.5) is 4.79 Å². The van der Waals surface area contributed by atoms with Crippen molar-refractivity contribution in [3.05, 3.63) is 43.4 Å². The zero-order valence-electron chi connectivity index (χ0n) is 15.7. The highest BCUT2D eigenvalue weighted by atomic mass is 79.9. The molecule has 0 spiro atoms. The van der Waals surface area contributed by atoms with Crippen molar-refractivity contribution in [2.45, 2.75) is 26.8 Å². The third-order valence-electron chi connectivity index (χ3n) is 4.43. The molecule has 0 bridgehead atoms. The number of carboxylic acid groups (broad SMARTS) is 1. The van der Waals surface area contributed by atoms with Gasteiger partial charge >= 0.3 is 6.09 Å². The summed E-state index contributed by atoms with van der Waals surface area (Å²) in [5.41, 5.74) is 0.849. The van der Waals surface area contributed by atoms with Crippen molar-refractivity contribution < 1.29 is 14.3 Å². The number of hydrogen-bond donors (Lipinski definition) is 3. The first-order chi connectivity index (χ1) is 13.6. The van der Waals surface area contributed by atoms with Gasteiger partial charge in [0, 0.05) is 15.2 Å². The fourth-order valence-corrected chi connectivity index (χ4v) is 4.51. The van der Waals surface area contributed by atoms with E-state index in [4.69, 9.17) is 4.42 Å². The van der Waals surface area contributed by atoms with Crippen molar-refractivity contribution in [1.82, 2.24) is 20.3 Å². The molecule has 0 aliphatic rings. The standard InChI is InChI=1S/C19H17BrN4O4S/c1-19(2,3)14(23-18(26)27)17-21-10(7-29-17)15-22-12-9-6-8(20)4-5-11(9)28-13(12)16(25)24-15/h4-7,14,23H,1-3H3,(H,26,27)(H,22,24,25). The number of amides is 1. The summed E-state index contributed by atoms with van der Waals surface area (Å²) in [5, 5.41) is 14.8. The Balaban J connectivity index is 1.83. The largest absolute Gasteiger partial charge is 0.465 e. The smallest absolute Gasteiger partial charge is 0.405 e. The lowest BCUT2D eigenvalue weighted by molar-refractivity contribution is 0.175. The number of thiazole rings is 1. The Morgan fingerprint density at radius 3 is 2.79 bits per heavy atom. The molecule has 1 aromatic carbocycles. The van der Waals surface area contributed by atoms with Gasteiger partial charge in [-0.1, -0.05) is 36.7 Å². The zero-order valence-corrected chi connectivity index (χ0v) is 18.1. The Bertz CT molecular complexity index is 1300. The van der Waals surface area contributed by atoms with Crippen LogP contribution in [0, 0.1) is 5.41 Å². The Morgan fingerprint density at radius 2 is 2.10 bits per heavy atom. The molecule has 29 heavy (non-hydrogen) atoms. The van der Waals surface area contributed by atoms with E-state index in [0.717, 1.165) is 9.86 Å². The fraction of sp³-hybridized carbons (Fsp3) is 0.263. The van der Waals surface area contributed by atoms with Gasteiger partial charge in [-0.3, -0.25) is 4.79 Å². The molecule has 10 heteroatoms. The average molecular weight is 477 g/mol. The Kier molecular flexibility index (Phi) is 4.70. The van der Waals surface area contributed by atoms with E-state index in [1.54, 1.807) is 11.4 Å². The highest BCUT2D eigenvalue weighted by Crippen LogP contribution is 2.36. The molecule has 0 aliphatic carbocycles. The minimum atomic E-state index is -1.12. The molecule has 4 rings (SSSR count). The number of fused-ring (bicyclic) bond motifs is 3. The van der Waals surface area contributed by atoms with Crippen LogP contribution in [0.2, 0.25) is 0 Å². The molecule has 150 valence electrons. The number of H-pyrrole nitrogens is 1. The van der Waals surface area contributed by atoms with E-state index < -0.39 is 17.7 Å². The second kappa shape index (κ2) is 6.96. The summed E-state index contributed by atoms with van der Waals surface area (Å²) >= 11 is 4.73. The van der Waals surface area contributed by atoms with Crippen molar-refractivity contribution in [2.75, 3.05) is 0 Å². The fourth-order valence-electron chi connectivity index (χ4n) is 3.05. The van der Waals surface area contributed by atoms with Crippen LogP contribution in [0.3, 0.4) is 0 Å². The van der Waals surface area contributed by atoms with Gasteiger partial charge in [-0.2, -0.15) is 0 Å². The number of aromatic amines is 1. The van der Waals surface area contributed by atoms with Gasteiger partial charge in [0.15, 0.2) is 5.82 Å². The van der Waals surface area contributed by atoms with Crippen molar-refractivity contribution in [3.63, 3.8) is 0 Å². The summed E-state index contributed by atoms with van der Waals surface area (Å²) < 4.78 is 6.49. The Labute approximate surface area is 177 Å². The normalized spacial score (nSPS) is 13.1. The van der Waals surface area contributed by atoms with Gasteiger partial charge in [0.1, 0.15) is 21.8 Å². The lowest BCUT2D eigenvalue weighted by Gasteiger charge is -2.28. The van der Waals surface area contributed by atoms with Gasteiger partial charge in [-0.05, 0) is 23.6 Å². The number of furan rings is 1. The lowest BCUT2D eigenvalue weighted by atomic mass is 9.87. The number of nitrogens with zero attached hydrogens (tertiary/aromatic N) is 2. The molecule has 3 heterocycles. The Morgan fingerprint density at radius 1 is 1.34 bits per heavy atom. The number of benzene rings is 1. The SMILES string of the molecule is CC(C)(C)C(NC(=O)O)c1nc(-c2nc3c(oc4ccc(Br)cc43)c(=O)[nH]2)cs1. The summed E-state index contributed by atoms with van der Waals surface area (Å²) in [5.74, 6) is 0.302. The van der Waals surface area contributed by atoms with E-state index in [9.17, 15) is 14.7 Å². The van der Waals surface area contributed by atoms with Crippen LogP contribution < -0.4 is 10.9 Å². The van der Waals surface area contributed by atoms with E-state index in [0.29, 0.717) is 27.6 Å². The highest BCUT2D eigenvalue weighted by molar-refractivity contribution is 9.10. The van der Waals surface area contributed by atoms with Gasteiger partial charge in [0.2, 0.25) is 5.58 Å². The monoisotopic (exact) mass is 476 g/mol. The van der Waals surface area contributed by atoms with Crippen LogP contribution in [0.25, 0.3) is 33.6 Å². The second-order valence-corrected chi connectivity index (χ2v) is 9.46. The van der Waals surface area contributed by atoms with E-state index >= 15 is 0 Å². The van der Waals surface area contributed by atoms with E-state index in [1.807, 2.05) is 32.9 Å². The molecular weight excluding hydrogens is 460 g/mol. The highest BCUT2D eigenvalue weighted by Gasteiger charge is 2.31. The molecule has 3 N–H and O–H groups in total. The topological polar surface area (TPSA) is 121 Å². The third kappa shape index (κ3) is 3.65. The van der Waals surface area contributed by atoms with Gasteiger partial charge in [0.05, 0.1) is 6.04 Å². The molecule has 0 fully saturated rings. The number of hydrogen-bond acceptors (Lipinski definition) is 6. The number of rotatable bonds is 3. The first-order valence-corrected chi connectivity index (χ1v) is 10.4. The number of aromatic nitrogens is 3. The van der Waals surface area contributed by atoms with E-state index in [1.165, 1.54) is 11.3 Å². The number of carbonyl (C=O) groups is 1. The van der Waals surface area contributed by atoms with Crippen LogP contribution in [0.1, 0.15) is 31.8 Å². The summed E-state index contributed by atoms with van der Waals surface area (Å²) in [4.78, 5) is 35.6. The first kappa shape index (κ1) is 19.6. The van der Waals surface area contributed by atoms with Crippen molar-refractivity contribution in [1.29, 1.82) is 0 Å². The van der Waals surface area contributed by atoms with Crippen LogP contribution >= 0.6 is 27.3 Å². The molecule has 1 amide bonds. The first-order valence-electron chi connectivity index (χ1n) is 8.71. The minimum Gasteiger partial charge on any atom is -0.465 e. The average Bonchev–Trinajstić information content (AvgIpc) is 3.24. The summed E-state index contributed by atoms with van der Waals surface area (Å²) in [7, 11) is 0. The van der Waals surface area contributed by atoms with Gasteiger partial charge in [-0.25, -0.2) is 14.8 Å². The summed E-state index contributed by atoms with van der Waals surface area (Å²) in [6, 6.07) is 4.94. The van der Waals surface area contributed by atoms with Gasteiger partial charge in [0.25, 0.3) is 5.56 Å². The number of nitrogens with one attached hydrogen (secondary N) is 2. The molecule has 0 aliphatic heterocycles. The predicted molar refractivity (Wildman–Crippen MR) is 114 cm³/mol. The molecular formula is C19H17BrN4O4S. The van der Waals surface area contributed by atoms with Crippen LogP contribution in [-0.2, 0) is 0 Å². The van der Waals surface area contributed by atoms with Crippen LogP contribution in [0.15, 0.2) is 37.3 Å².